The van der Waals surface area contributed by atoms with Gasteiger partial charge in [-0.15, -0.1) is 0 Å². The van der Waals surface area contributed by atoms with Gasteiger partial charge in [-0.3, -0.25) is 4.72 Å². The van der Waals surface area contributed by atoms with Gasteiger partial charge in [-0.2, -0.15) is 0 Å². The van der Waals surface area contributed by atoms with Crippen LogP contribution in [0.1, 0.15) is 18.9 Å². The molecule has 0 atom stereocenters. The van der Waals surface area contributed by atoms with Crippen molar-refractivity contribution in [3.8, 4) is 0 Å². The lowest BCUT2D eigenvalue weighted by Gasteiger charge is -2.09. The number of pyridine rings is 1. The van der Waals surface area contributed by atoms with Gasteiger partial charge in [0, 0.05) is 11.6 Å². The second-order valence-electron chi connectivity index (χ2n) is 4.88. The highest BCUT2D eigenvalue weighted by Crippen LogP contribution is 2.21. The van der Waals surface area contributed by atoms with Gasteiger partial charge < -0.3 is 5.32 Å². The van der Waals surface area contributed by atoms with Crippen LogP contribution in [-0.4, -0.2) is 19.9 Å². The zero-order chi connectivity index (χ0) is 16.2. The van der Waals surface area contributed by atoms with E-state index in [4.69, 9.17) is 11.6 Å². The molecule has 7 heteroatoms. The molecular formula is C15H18ClN3O2S. The summed E-state index contributed by atoms with van der Waals surface area (Å²) < 4.78 is 27.1. The molecule has 0 radical (unpaired) electrons. The third-order valence-electron chi connectivity index (χ3n) is 3.02. The molecule has 0 spiro atoms. The first-order valence-electron chi connectivity index (χ1n) is 6.91. The van der Waals surface area contributed by atoms with E-state index in [-0.39, 0.29) is 10.7 Å². The first-order chi connectivity index (χ1) is 10.4. The van der Waals surface area contributed by atoms with E-state index in [1.165, 1.54) is 12.1 Å². The normalized spacial score (nSPS) is 11.2. The number of halogens is 1. The lowest BCUT2D eigenvalue weighted by Crippen LogP contribution is -2.14. The van der Waals surface area contributed by atoms with E-state index < -0.39 is 10.0 Å². The van der Waals surface area contributed by atoms with Crippen molar-refractivity contribution >= 4 is 33.1 Å². The number of rotatable bonds is 6. The Morgan fingerprint density at radius 2 is 2.00 bits per heavy atom. The molecule has 0 unspecified atom stereocenters. The number of hydrogen-bond donors (Lipinski definition) is 2. The van der Waals surface area contributed by atoms with E-state index in [9.17, 15) is 8.42 Å². The molecule has 1 aromatic heterocycles. The van der Waals surface area contributed by atoms with E-state index in [1.807, 2.05) is 0 Å². The summed E-state index contributed by atoms with van der Waals surface area (Å²) >= 11 is 5.92. The van der Waals surface area contributed by atoms with Gasteiger partial charge >= 0.3 is 0 Å². The Kier molecular flexibility index (Phi) is 5.26. The molecule has 2 aromatic rings. The Morgan fingerprint density at radius 1 is 1.23 bits per heavy atom. The molecule has 5 nitrogen and oxygen atoms in total. The van der Waals surface area contributed by atoms with Crippen molar-refractivity contribution in [2.24, 2.45) is 0 Å². The number of nitrogens with one attached hydrogen (secondary N) is 2. The highest BCUT2D eigenvalue weighted by molar-refractivity contribution is 7.92. The molecular weight excluding hydrogens is 322 g/mol. The van der Waals surface area contributed by atoms with Crippen molar-refractivity contribution in [3.05, 3.63) is 47.1 Å². The van der Waals surface area contributed by atoms with Crippen LogP contribution >= 0.6 is 11.6 Å². The van der Waals surface area contributed by atoms with Gasteiger partial charge in [-0.05, 0) is 49.2 Å². The minimum atomic E-state index is -3.67. The third kappa shape index (κ3) is 4.11. The van der Waals surface area contributed by atoms with Crippen molar-refractivity contribution in [2.45, 2.75) is 25.2 Å². The van der Waals surface area contributed by atoms with Crippen LogP contribution in [0.3, 0.4) is 0 Å². The molecule has 0 aliphatic carbocycles. The maximum atomic E-state index is 12.3. The smallest absolute Gasteiger partial charge is 0.263 e. The Labute approximate surface area is 135 Å². The standard InChI is InChI=1S/C15H18ClN3O2S/c1-3-8-17-12-4-7-15(18-10-12)19-22(20,21)13-5-6-14(16)11(2)9-13/h4-7,9-10,17H,3,8H2,1-2H3,(H,18,19). The number of aryl methyl sites for hydroxylation is 1. The summed E-state index contributed by atoms with van der Waals surface area (Å²) in [6, 6.07) is 7.97. The van der Waals surface area contributed by atoms with E-state index >= 15 is 0 Å². The Morgan fingerprint density at radius 3 is 2.59 bits per heavy atom. The topological polar surface area (TPSA) is 71.1 Å². The van der Waals surface area contributed by atoms with Crippen LogP contribution in [0.15, 0.2) is 41.4 Å². The molecule has 0 fully saturated rings. The zero-order valence-electron chi connectivity index (χ0n) is 12.4. The van der Waals surface area contributed by atoms with Crippen molar-refractivity contribution in [3.63, 3.8) is 0 Å². The first kappa shape index (κ1) is 16.6. The van der Waals surface area contributed by atoms with Crippen LogP contribution in [0.4, 0.5) is 11.5 Å². The van der Waals surface area contributed by atoms with Gasteiger partial charge in [0.25, 0.3) is 10.0 Å². The quantitative estimate of drug-likeness (QED) is 0.842. The number of aromatic nitrogens is 1. The molecule has 0 saturated carbocycles. The summed E-state index contributed by atoms with van der Waals surface area (Å²) in [5.41, 5.74) is 1.56. The maximum Gasteiger partial charge on any atom is 0.263 e. The second-order valence-corrected chi connectivity index (χ2v) is 6.96. The van der Waals surface area contributed by atoms with Gasteiger partial charge in [0.1, 0.15) is 5.82 Å². The van der Waals surface area contributed by atoms with Crippen LogP contribution in [0, 0.1) is 6.92 Å². The fourth-order valence-electron chi connectivity index (χ4n) is 1.81. The number of hydrogen-bond acceptors (Lipinski definition) is 4. The fourth-order valence-corrected chi connectivity index (χ4v) is 3.02. The average molecular weight is 340 g/mol. The van der Waals surface area contributed by atoms with Crippen LogP contribution in [0.25, 0.3) is 0 Å². The van der Waals surface area contributed by atoms with Gasteiger partial charge in [0.05, 0.1) is 16.8 Å². The van der Waals surface area contributed by atoms with Crippen LogP contribution in [0.2, 0.25) is 5.02 Å². The summed E-state index contributed by atoms with van der Waals surface area (Å²) in [6.07, 6.45) is 2.60. The zero-order valence-corrected chi connectivity index (χ0v) is 14.0. The predicted molar refractivity (Wildman–Crippen MR) is 90.0 cm³/mol. The second kappa shape index (κ2) is 6.98. The summed E-state index contributed by atoms with van der Waals surface area (Å²) in [5.74, 6) is 0.273. The van der Waals surface area contributed by atoms with Crippen molar-refractivity contribution < 1.29 is 8.42 Å². The van der Waals surface area contributed by atoms with E-state index in [1.54, 1.807) is 31.3 Å². The largest absolute Gasteiger partial charge is 0.384 e. The highest BCUT2D eigenvalue weighted by atomic mass is 35.5. The molecule has 22 heavy (non-hydrogen) atoms. The number of sulfonamides is 1. The van der Waals surface area contributed by atoms with Gasteiger partial charge in [0.2, 0.25) is 0 Å². The van der Waals surface area contributed by atoms with E-state index in [0.29, 0.717) is 10.6 Å². The first-order valence-corrected chi connectivity index (χ1v) is 8.77. The number of nitrogens with zero attached hydrogens (tertiary/aromatic N) is 1. The van der Waals surface area contributed by atoms with Gasteiger partial charge in [0.15, 0.2) is 0 Å². The number of benzene rings is 1. The summed E-state index contributed by atoms with van der Waals surface area (Å²) in [4.78, 5) is 4.26. The molecule has 0 aliphatic heterocycles. The number of anilines is 2. The molecule has 0 saturated heterocycles. The third-order valence-corrected chi connectivity index (χ3v) is 4.80. The van der Waals surface area contributed by atoms with Crippen LogP contribution in [0.5, 0.6) is 0 Å². The van der Waals surface area contributed by atoms with Crippen molar-refractivity contribution in [1.29, 1.82) is 0 Å². The lowest BCUT2D eigenvalue weighted by atomic mass is 10.2. The predicted octanol–water partition coefficient (Wildman–Crippen LogP) is 3.67. The molecule has 0 aliphatic rings. The molecule has 1 heterocycles. The average Bonchev–Trinajstić information content (AvgIpc) is 2.49. The molecule has 0 amide bonds. The maximum absolute atomic E-state index is 12.3. The fraction of sp³-hybridized carbons (Fsp3) is 0.267. The SMILES string of the molecule is CCCNc1ccc(NS(=O)(=O)c2ccc(Cl)c(C)c2)nc1. The Bertz CT molecular complexity index is 746. The van der Waals surface area contributed by atoms with Crippen LogP contribution in [-0.2, 0) is 10.0 Å². The van der Waals surface area contributed by atoms with E-state index in [2.05, 4.69) is 21.9 Å². The van der Waals surface area contributed by atoms with Crippen LogP contribution < -0.4 is 10.0 Å². The Hall–Kier alpha value is -1.79. The van der Waals surface area contributed by atoms with Crippen molar-refractivity contribution in [1.82, 2.24) is 4.98 Å². The molecule has 0 bridgehead atoms. The molecule has 2 rings (SSSR count). The molecule has 1 aromatic carbocycles. The molecule has 118 valence electrons. The summed E-state index contributed by atoms with van der Waals surface area (Å²) in [7, 11) is -3.67. The Balaban J connectivity index is 2.16. The minimum absolute atomic E-state index is 0.157. The van der Waals surface area contributed by atoms with Gasteiger partial charge in [-0.25, -0.2) is 13.4 Å². The summed E-state index contributed by atoms with van der Waals surface area (Å²) in [5, 5.41) is 3.71. The monoisotopic (exact) mass is 339 g/mol. The molecule has 2 N–H and O–H groups in total. The van der Waals surface area contributed by atoms with E-state index in [0.717, 1.165) is 18.7 Å². The van der Waals surface area contributed by atoms with Gasteiger partial charge in [-0.1, -0.05) is 18.5 Å². The highest BCUT2D eigenvalue weighted by Gasteiger charge is 2.15. The minimum Gasteiger partial charge on any atom is -0.384 e. The summed E-state index contributed by atoms with van der Waals surface area (Å²) in [6.45, 7) is 4.67. The van der Waals surface area contributed by atoms with Crippen molar-refractivity contribution in [2.75, 3.05) is 16.6 Å². The lowest BCUT2D eigenvalue weighted by molar-refractivity contribution is 0.601.